The van der Waals surface area contributed by atoms with Crippen LogP contribution in [0, 0.1) is 0 Å². The molecule has 128 valence electrons. The summed E-state index contributed by atoms with van der Waals surface area (Å²) in [5.41, 5.74) is -0.527. The van der Waals surface area contributed by atoms with Gasteiger partial charge in [-0.1, -0.05) is 6.07 Å². The fourth-order valence-electron chi connectivity index (χ4n) is 3.44. The number of alkyl halides is 3. The molecule has 2 aliphatic heterocycles. The number of hydrogen-bond donors (Lipinski definition) is 0. The van der Waals surface area contributed by atoms with Crippen molar-refractivity contribution >= 4 is 17.3 Å². The maximum absolute atomic E-state index is 13.3. The van der Waals surface area contributed by atoms with Gasteiger partial charge < -0.3 is 4.90 Å². The van der Waals surface area contributed by atoms with Gasteiger partial charge in [0, 0.05) is 25.7 Å². The summed E-state index contributed by atoms with van der Waals surface area (Å²) < 4.78 is 39.8. The molecule has 2 fully saturated rings. The molecule has 0 saturated carbocycles. The van der Waals surface area contributed by atoms with Crippen molar-refractivity contribution in [2.75, 3.05) is 31.1 Å². The van der Waals surface area contributed by atoms with Crippen molar-refractivity contribution in [2.45, 2.75) is 25.1 Å². The maximum Gasteiger partial charge on any atom is 0.433 e. The lowest BCUT2D eigenvalue weighted by Gasteiger charge is -2.37. The third kappa shape index (κ3) is 3.00. The van der Waals surface area contributed by atoms with E-state index < -0.39 is 11.9 Å². The Morgan fingerprint density at radius 2 is 2.04 bits per heavy atom. The van der Waals surface area contributed by atoms with Crippen LogP contribution in [0.2, 0.25) is 0 Å². The van der Waals surface area contributed by atoms with Gasteiger partial charge in [-0.2, -0.15) is 13.2 Å². The normalized spacial score (nSPS) is 22.0. The highest BCUT2D eigenvalue weighted by atomic mass is 32.1. The number of anilines is 1. The van der Waals surface area contributed by atoms with Gasteiger partial charge in [0.05, 0.1) is 10.6 Å². The first-order chi connectivity index (χ1) is 11.5. The van der Waals surface area contributed by atoms with Crippen LogP contribution >= 0.6 is 11.3 Å². The Kier molecular flexibility index (Phi) is 3.96. The lowest BCUT2D eigenvalue weighted by molar-refractivity contribution is -0.141. The minimum Gasteiger partial charge on any atom is -0.338 e. The Morgan fingerprint density at radius 1 is 1.17 bits per heavy atom. The minimum absolute atomic E-state index is 0.194. The molecule has 0 unspecified atom stereocenters. The van der Waals surface area contributed by atoms with Gasteiger partial charge in [-0.05, 0) is 36.9 Å². The topological polar surface area (TPSA) is 32.3 Å². The second-order valence-electron chi connectivity index (χ2n) is 6.19. The van der Waals surface area contributed by atoms with Crippen LogP contribution in [0.4, 0.5) is 19.1 Å². The SMILES string of the molecule is FC(F)(F)c1cc(-c2cccs2)nc(N2CCN3CCC[C@H]3C2)n1. The van der Waals surface area contributed by atoms with E-state index in [0.29, 0.717) is 24.8 Å². The van der Waals surface area contributed by atoms with Crippen molar-refractivity contribution in [3.8, 4) is 10.6 Å². The number of nitrogens with zero attached hydrogens (tertiary/aromatic N) is 4. The van der Waals surface area contributed by atoms with E-state index in [2.05, 4.69) is 14.9 Å². The van der Waals surface area contributed by atoms with Gasteiger partial charge in [0.15, 0.2) is 5.69 Å². The molecule has 0 radical (unpaired) electrons. The first-order valence-electron chi connectivity index (χ1n) is 8.00. The van der Waals surface area contributed by atoms with Crippen molar-refractivity contribution in [1.29, 1.82) is 0 Å². The summed E-state index contributed by atoms with van der Waals surface area (Å²) in [5, 5.41) is 1.83. The average molecular weight is 354 g/mol. The smallest absolute Gasteiger partial charge is 0.338 e. The van der Waals surface area contributed by atoms with Gasteiger partial charge >= 0.3 is 6.18 Å². The summed E-state index contributed by atoms with van der Waals surface area (Å²) in [5.74, 6) is 0.194. The minimum atomic E-state index is -4.47. The van der Waals surface area contributed by atoms with Crippen molar-refractivity contribution < 1.29 is 13.2 Å². The van der Waals surface area contributed by atoms with Crippen molar-refractivity contribution in [2.24, 2.45) is 0 Å². The summed E-state index contributed by atoms with van der Waals surface area (Å²) in [6, 6.07) is 5.04. The fraction of sp³-hybridized carbons (Fsp3) is 0.500. The van der Waals surface area contributed by atoms with Gasteiger partial charge in [0.25, 0.3) is 0 Å². The van der Waals surface area contributed by atoms with Gasteiger partial charge in [0.1, 0.15) is 0 Å². The van der Waals surface area contributed by atoms with E-state index in [1.807, 2.05) is 16.3 Å². The molecule has 0 spiro atoms. The van der Waals surface area contributed by atoms with Crippen LogP contribution in [-0.2, 0) is 6.18 Å². The number of rotatable bonds is 2. The quantitative estimate of drug-likeness (QED) is 0.826. The first-order valence-corrected chi connectivity index (χ1v) is 8.88. The summed E-state index contributed by atoms with van der Waals surface area (Å²) in [7, 11) is 0. The Morgan fingerprint density at radius 3 is 2.79 bits per heavy atom. The Balaban J connectivity index is 1.70. The summed E-state index contributed by atoms with van der Waals surface area (Å²) in [6.07, 6.45) is -2.23. The predicted octanol–water partition coefficient (Wildman–Crippen LogP) is 3.51. The highest BCUT2D eigenvalue weighted by molar-refractivity contribution is 7.13. The molecule has 2 saturated heterocycles. The van der Waals surface area contributed by atoms with Crippen LogP contribution in [0.25, 0.3) is 10.6 Å². The van der Waals surface area contributed by atoms with Gasteiger partial charge in [-0.3, -0.25) is 4.90 Å². The zero-order valence-electron chi connectivity index (χ0n) is 13.0. The molecule has 24 heavy (non-hydrogen) atoms. The van der Waals surface area contributed by atoms with E-state index in [0.717, 1.165) is 36.9 Å². The van der Waals surface area contributed by atoms with Crippen LogP contribution in [0.5, 0.6) is 0 Å². The van der Waals surface area contributed by atoms with E-state index in [4.69, 9.17) is 0 Å². The molecule has 8 heteroatoms. The highest BCUT2D eigenvalue weighted by Crippen LogP contribution is 2.34. The molecule has 0 bridgehead atoms. The largest absolute Gasteiger partial charge is 0.433 e. The first kappa shape index (κ1) is 15.8. The van der Waals surface area contributed by atoms with Gasteiger partial charge in [0.2, 0.25) is 5.95 Å². The molecule has 4 heterocycles. The summed E-state index contributed by atoms with van der Waals surface area (Å²) in [6.45, 7) is 3.31. The highest BCUT2D eigenvalue weighted by Gasteiger charge is 2.36. The van der Waals surface area contributed by atoms with Crippen molar-refractivity contribution in [3.63, 3.8) is 0 Å². The van der Waals surface area contributed by atoms with E-state index in [-0.39, 0.29) is 5.95 Å². The lowest BCUT2D eigenvalue weighted by atomic mass is 10.1. The van der Waals surface area contributed by atoms with Crippen LogP contribution in [0.15, 0.2) is 23.6 Å². The lowest BCUT2D eigenvalue weighted by Crippen LogP contribution is -2.50. The van der Waals surface area contributed by atoms with Crippen LogP contribution in [0.1, 0.15) is 18.5 Å². The molecule has 2 aromatic heterocycles. The number of piperazine rings is 1. The molecule has 4 nitrogen and oxygen atoms in total. The number of aromatic nitrogens is 2. The zero-order chi connectivity index (χ0) is 16.7. The molecule has 0 aromatic carbocycles. The van der Waals surface area contributed by atoms with Crippen molar-refractivity contribution in [1.82, 2.24) is 14.9 Å². The number of hydrogen-bond acceptors (Lipinski definition) is 5. The molecular formula is C16H17F3N4S. The molecule has 0 amide bonds. The molecule has 0 aliphatic carbocycles. The number of fused-ring (bicyclic) bond motifs is 1. The monoisotopic (exact) mass is 354 g/mol. The molecule has 1 atom stereocenters. The standard InChI is InChI=1S/C16H17F3N4S/c17-16(18,19)14-9-12(13-4-2-8-24-13)20-15(21-14)23-7-6-22-5-1-3-11(22)10-23/h2,4,8-9,11H,1,3,5-7,10H2/t11-/m0/s1. The van der Waals surface area contributed by atoms with E-state index >= 15 is 0 Å². The number of halogens is 3. The van der Waals surface area contributed by atoms with E-state index in [9.17, 15) is 13.2 Å². The van der Waals surface area contributed by atoms with E-state index in [1.165, 1.54) is 11.3 Å². The summed E-state index contributed by atoms with van der Waals surface area (Å²) >= 11 is 1.38. The third-order valence-electron chi connectivity index (χ3n) is 4.65. The average Bonchev–Trinajstić information content (AvgIpc) is 3.24. The Hall–Kier alpha value is -1.67. The Labute approximate surface area is 141 Å². The maximum atomic E-state index is 13.3. The molecule has 0 N–H and O–H groups in total. The van der Waals surface area contributed by atoms with Gasteiger partial charge in [-0.25, -0.2) is 9.97 Å². The second-order valence-corrected chi connectivity index (χ2v) is 7.14. The second kappa shape index (κ2) is 6.00. The molecular weight excluding hydrogens is 337 g/mol. The number of thiophene rings is 1. The van der Waals surface area contributed by atoms with E-state index in [1.54, 1.807) is 6.07 Å². The predicted molar refractivity (Wildman–Crippen MR) is 87.2 cm³/mol. The van der Waals surface area contributed by atoms with Crippen molar-refractivity contribution in [3.05, 3.63) is 29.3 Å². The molecule has 2 aliphatic rings. The van der Waals surface area contributed by atoms with Crippen LogP contribution in [-0.4, -0.2) is 47.1 Å². The molecule has 4 rings (SSSR count). The van der Waals surface area contributed by atoms with Crippen LogP contribution in [0.3, 0.4) is 0 Å². The zero-order valence-corrected chi connectivity index (χ0v) is 13.8. The van der Waals surface area contributed by atoms with Gasteiger partial charge in [-0.15, -0.1) is 11.3 Å². The van der Waals surface area contributed by atoms with Crippen LogP contribution < -0.4 is 4.90 Å². The fourth-order valence-corrected chi connectivity index (χ4v) is 4.13. The third-order valence-corrected chi connectivity index (χ3v) is 5.54. The Bertz CT molecular complexity index is 717. The molecule has 2 aromatic rings. The summed E-state index contributed by atoms with van der Waals surface area (Å²) in [4.78, 5) is 13.3.